The Labute approximate surface area is 404 Å². The quantitative estimate of drug-likeness (QED) is 0.0673. The van der Waals surface area contributed by atoms with Crippen LogP contribution in [0.3, 0.4) is 0 Å². The van der Waals surface area contributed by atoms with Gasteiger partial charge in [-0.05, 0) is 109 Å². The molecule has 340 valence electrons. The predicted molar refractivity (Wildman–Crippen MR) is 280 cm³/mol. The first-order chi connectivity index (χ1) is 31.7. The second-order valence-electron chi connectivity index (χ2n) is 15.9. The van der Waals surface area contributed by atoms with E-state index in [4.69, 9.17) is 34.7 Å². The van der Waals surface area contributed by atoms with Gasteiger partial charge in [0.1, 0.15) is 11.6 Å². The van der Waals surface area contributed by atoms with Gasteiger partial charge >= 0.3 is 0 Å². The first-order valence-corrected chi connectivity index (χ1v) is 23.0. The van der Waals surface area contributed by atoms with Gasteiger partial charge in [-0.15, -0.1) is 12.4 Å². The summed E-state index contributed by atoms with van der Waals surface area (Å²) < 4.78 is 4.45. The minimum Gasteiger partial charge on any atom is -0.385 e. The van der Waals surface area contributed by atoms with Crippen molar-refractivity contribution in [1.82, 2.24) is 19.1 Å². The molecule has 0 saturated heterocycles. The number of pyridine rings is 2. The summed E-state index contributed by atoms with van der Waals surface area (Å²) in [5.41, 5.74) is 23.9. The van der Waals surface area contributed by atoms with Crippen LogP contribution < -0.4 is 22.1 Å². The van der Waals surface area contributed by atoms with Crippen molar-refractivity contribution in [1.29, 1.82) is 0 Å². The lowest BCUT2D eigenvalue weighted by Crippen LogP contribution is -2.10. The number of hydrogen-bond acceptors (Lipinski definition) is 6. The van der Waals surface area contributed by atoms with Crippen molar-refractivity contribution in [3.63, 3.8) is 0 Å². The molecule has 4 heterocycles. The number of nitrogen functional groups attached to an aromatic ring is 2. The van der Waals surface area contributed by atoms with Gasteiger partial charge in [-0.1, -0.05) is 129 Å². The predicted octanol–water partition coefficient (Wildman–Crippen LogP) is 14.2. The standard InChI is InChI=1S/C27H27ClN4O.C27H29ClN4.ClH/c1-2-3-11-27(33)31-20-14-12-19(13-15-20)24-16-17-25(22-8-4-5-9-23(22)28)32(24)18-21-7-6-10-26(29)30-21;1-2-3-6-18-30-21-14-12-20(13-15-21)25-16-17-26(23-9-4-5-10-24(23)28)32(25)19-22-8-7-11-27(29)31-22;/h4-10,12-17H,2-3,11,18H2,1H3,(H2,29,30)(H,31,33);4-5,7-17,30H,2-3,6,18-19H2,1H3,(H2,29,31);1H. The van der Waals surface area contributed by atoms with Crippen LogP contribution in [-0.2, 0) is 17.9 Å². The monoisotopic (exact) mass is 938 g/mol. The van der Waals surface area contributed by atoms with E-state index in [9.17, 15) is 4.79 Å². The Morgan fingerprint density at radius 2 is 0.985 bits per heavy atom. The highest BCUT2D eigenvalue weighted by Gasteiger charge is 2.17. The fraction of sp³-hybridized carbons (Fsp3) is 0.204. The minimum atomic E-state index is 0. The third-order valence-corrected chi connectivity index (χ3v) is 11.7. The second kappa shape index (κ2) is 24.1. The summed E-state index contributed by atoms with van der Waals surface area (Å²) in [5.74, 6) is 1.05. The molecule has 4 aromatic carbocycles. The SMILES string of the molecule is CCCCC(=O)Nc1ccc(-c2ccc(-c3ccccc3Cl)n2Cc2cccc(N)n2)cc1.CCCCCNc1ccc(-c2ccc(-c3ccccc3Cl)n2Cc2cccc(N)n2)cc1.Cl. The molecule has 8 rings (SSSR count). The molecule has 0 aliphatic heterocycles. The number of nitrogens with two attached hydrogens (primary N) is 2. The number of anilines is 4. The maximum absolute atomic E-state index is 12.1. The summed E-state index contributed by atoms with van der Waals surface area (Å²) >= 11 is 13.1. The molecule has 66 heavy (non-hydrogen) atoms. The zero-order valence-corrected chi connectivity index (χ0v) is 39.7. The number of halogens is 3. The number of nitrogens with one attached hydrogen (secondary N) is 2. The molecule has 0 bridgehead atoms. The molecule has 0 fully saturated rings. The van der Waals surface area contributed by atoms with E-state index in [1.807, 2.05) is 97.1 Å². The van der Waals surface area contributed by atoms with Gasteiger partial charge in [-0.25, -0.2) is 9.97 Å². The summed E-state index contributed by atoms with van der Waals surface area (Å²) in [4.78, 5) is 21.1. The average molecular weight is 940 g/mol. The van der Waals surface area contributed by atoms with Gasteiger partial charge in [0.05, 0.1) is 35.9 Å². The number of carbonyl (C=O) groups is 1. The normalized spacial score (nSPS) is 10.7. The molecular formula is C54H57Cl3N8O. The molecule has 4 aromatic heterocycles. The lowest BCUT2D eigenvalue weighted by molar-refractivity contribution is -0.116. The minimum absolute atomic E-state index is 0. The van der Waals surface area contributed by atoms with Crippen molar-refractivity contribution < 1.29 is 4.79 Å². The zero-order valence-electron chi connectivity index (χ0n) is 37.4. The Hall–Kier alpha value is -6.52. The topological polar surface area (TPSA) is 129 Å². The van der Waals surface area contributed by atoms with Gasteiger partial charge in [0.25, 0.3) is 0 Å². The van der Waals surface area contributed by atoms with Crippen LogP contribution in [-0.4, -0.2) is 31.6 Å². The Kier molecular flexibility index (Phi) is 17.9. The van der Waals surface area contributed by atoms with Crippen LogP contribution in [0.2, 0.25) is 10.0 Å². The van der Waals surface area contributed by atoms with E-state index in [2.05, 4.69) is 92.1 Å². The summed E-state index contributed by atoms with van der Waals surface area (Å²) in [6.45, 7) is 6.45. The maximum atomic E-state index is 12.1. The van der Waals surface area contributed by atoms with Gasteiger partial charge < -0.3 is 31.2 Å². The van der Waals surface area contributed by atoms with Gasteiger partial charge in [-0.2, -0.15) is 0 Å². The molecule has 9 nitrogen and oxygen atoms in total. The van der Waals surface area contributed by atoms with Crippen molar-refractivity contribution >= 4 is 64.5 Å². The Balaban J connectivity index is 0.000000215. The third-order valence-electron chi connectivity index (χ3n) is 11.1. The highest BCUT2D eigenvalue weighted by Crippen LogP contribution is 2.36. The van der Waals surface area contributed by atoms with E-state index in [1.165, 1.54) is 19.3 Å². The Morgan fingerprint density at radius 3 is 1.44 bits per heavy atom. The molecule has 8 aromatic rings. The number of benzene rings is 4. The van der Waals surface area contributed by atoms with Crippen molar-refractivity contribution in [2.45, 2.75) is 65.5 Å². The first-order valence-electron chi connectivity index (χ1n) is 22.3. The number of carbonyl (C=O) groups excluding carboxylic acids is 1. The maximum Gasteiger partial charge on any atom is 0.224 e. The number of aromatic nitrogens is 4. The second-order valence-corrected chi connectivity index (χ2v) is 16.7. The fourth-order valence-electron chi connectivity index (χ4n) is 7.74. The molecular weight excluding hydrogens is 883 g/mol. The number of amides is 1. The van der Waals surface area contributed by atoms with E-state index in [-0.39, 0.29) is 18.3 Å². The van der Waals surface area contributed by atoms with Gasteiger partial charge in [0.15, 0.2) is 0 Å². The van der Waals surface area contributed by atoms with E-state index in [0.29, 0.717) is 36.2 Å². The van der Waals surface area contributed by atoms with Gasteiger partial charge in [-0.3, -0.25) is 4.79 Å². The van der Waals surface area contributed by atoms with Crippen LogP contribution in [0.1, 0.15) is 63.8 Å². The number of unbranched alkanes of at least 4 members (excludes halogenated alkanes) is 3. The lowest BCUT2D eigenvalue weighted by Gasteiger charge is -2.15. The molecule has 0 spiro atoms. The molecule has 6 N–H and O–H groups in total. The van der Waals surface area contributed by atoms with E-state index in [0.717, 1.165) is 92.2 Å². The zero-order chi connectivity index (χ0) is 45.5. The Morgan fingerprint density at radius 1 is 0.530 bits per heavy atom. The van der Waals surface area contributed by atoms with E-state index in [1.54, 1.807) is 12.1 Å². The molecule has 12 heteroatoms. The van der Waals surface area contributed by atoms with Crippen molar-refractivity contribution in [2.75, 3.05) is 28.6 Å². The summed E-state index contributed by atoms with van der Waals surface area (Å²) in [5, 5.41) is 7.89. The Bertz CT molecular complexity index is 2800. The molecule has 0 radical (unpaired) electrons. The average Bonchev–Trinajstić information content (AvgIpc) is 3.92. The number of rotatable bonds is 17. The van der Waals surface area contributed by atoms with Crippen LogP contribution in [0.5, 0.6) is 0 Å². The fourth-order valence-corrected chi connectivity index (χ4v) is 8.20. The molecule has 0 unspecified atom stereocenters. The van der Waals surface area contributed by atoms with Crippen LogP contribution >= 0.6 is 35.6 Å². The van der Waals surface area contributed by atoms with E-state index >= 15 is 0 Å². The van der Waals surface area contributed by atoms with Gasteiger partial charge in [0.2, 0.25) is 5.91 Å². The van der Waals surface area contributed by atoms with Crippen LogP contribution in [0.25, 0.3) is 45.0 Å². The van der Waals surface area contributed by atoms with Crippen LogP contribution in [0.4, 0.5) is 23.0 Å². The van der Waals surface area contributed by atoms with Crippen molar-refractivity contribution in [3.8, 4) is 45.0 Å². The lowest BCUT2D eigenvalue weighted by atomic mass is 10.1. The summed E-state index contributed by atoms with van der Waals surface area (Å²) in [6.07, 6.45) is 6.10. The number of nitrogens with zero attached hydrogens (tertiary/aromatic N) is 4. The van der Waals surface area contributed by atoms with Crippen molar-refractivity contribution in [2.24, 2.45) is 0 Å². The van der Waals surface area contributed by atoms with Gasteiger partial charge in [0, 0.05) is 56.9 Å². The third kappa shape index (κ3) is 12.8. The summed E-state index contributed by atoms with van der Waals surface area (Å²) in [7, 11) is 0. The highest BCUT2D eigenvalue weighted by atomic mass is 35.5. The largest absolute Gasteiger partial charge is 0.385 e. The number of hydrogen-bond donors (Lipinski definition) is 4. The molecule has 0 saturated carbocycles. The van der Waals surface area contributed by atoms with E-state index < -0.39 is 0 Å². The molecule has 1 amide bonds. The first kappa shape index (κ1) is 48.9. The molecule has 0 aliphatic rings. The highest BCUT2D eigenvalue weighted by molar-refractivity contribution is 6.33. The molecule has 0 atom stereocenters. The van der Waals surface area contributed by atoms with Crippen LogP contribution in [0.15, 0.2) is 158 Å². The molecule has 0 aliphatic carbocycles. The summed E-state index contributed by atoms with van der Waals surface area (Å²) in [6, 6.07) is 52.1. The van der Waals surface area contributed by atoms with Crippen molar-refractivity contribution in [3.05, 3.63) is 179 Å². The smallest absolute Gasteiger partial charge is 0.224 e. The van der Waals surface area contributed by atoms with Crippen LogP contribution in [0, 0.1) is 0 Å².